The summed E-state index contributed by atoms with van der Waals surface area (Å²) in [4.78, 5) is 12.7. The molecule has 6 heteroatoms. The van der Waals surface area contributed by atoms with Crippen LogP contribution in [0, 0.1) is 5.92 Å². The third-order valence-electron chi connectivity index (χ3n) is 5.24. The third kappa shape index (κ3) is 2.65. The molecule has 0 radical (unpaired) electrons. The van der Waals surface area contributed by atoms with E-state index in [2.05, 4.69) is 10.4 Å². The third-order valence-corrected chi connectivity index (χ3v) is 5.24. The minimum absolute atomic E-state index is 0.00221. The first-order valence-electron chi connectivity index (χ1n) is 8.92. The lowest BCUT2D eigenvalue weighted by Crippen LogP contribution is -2.15. The van der Waals surface area contributed by atoms with E-state index in [-0.39, 0.29) is 17.7 Å². The molecule has 1 fully saturated rings. The predicted molar refractivity (Wildman–Crippen MR) is 103 cm³/mol. The predicted octanol–water partition coefficient (Wildman–Crippen LogP) is 4.07. The average Bonchev–Trinajstić information content (AvgIpc) is 3.23. The van der Waals surface area contributed by atoms with Gasteiger partial charge in [0.25, 0.3) is 0 Å². The number of methoxy groups -OCH3 is 1. The lowest BCUT2D eigenvalue weighted by Gasteiger charge is -2.10. The summed E-state index contributed by atoms with van der Waals surface area (Å²) in [6.07, 6.45) is 4.64. The van der Waals surface area contributed by atoms with Crippen molar-refractivity contribution in [3.63, 3.8) is 0 Å². The number of hydrogen-bond acceptors (Lipinski definition) is 4. The number of para-hydroxylation sites is 1. The second-order valence-electron chi connectivity index (χ2n) is 7.03. The van der Waals surface area contributed by atoms with Crippen LogP contribution in [0.2, 0.25) is 0 Å². The van der Waals surface area contributed by atoms with Gasteiger partial charge in [0.2, 0.25) is 5.91 Å². The largest absolute Gasteiger partial charge is 0.495 e. The Labute approximate surface area is 155 Å². The monoisotopic (exact) mass is 361 g/mol. The molecular weight excluding hydrogens is 342 g/mol. The van der Waals surface area contributed by atoms with Crippen LogP contribution in [0.4, 0.5) is 5.69 Å². The average molecular weight is 361 g/mol. The Morgan fingerprint density at radius 3 is 2.89 bits per heavy atom. The molecule has 0 unspecified atom stereocenters. The van der Waals surface area contributed by atoms with Crippen LogP contribution in [0.5, 0.6) is 5.75 Å². The van der Waals surface area contributed by atoms with Gasteiger partial charge in [-0.05, 0) is 30.0 Å². The molecule has 1 aliphatic rings. The molecular formula is C21H19N3O3. The van der Waals surface area contributed by atoms with E-state index >= 15 is 0 Å². The fourth-order valence-corrected chi connectivity index (χ4v) is 3.73. The van der Waals surface area contributed by atoms with E-state index in [0.717, 1.165) is 33.9 Å². The van der Waals surface area contributed by atoms with Gasteiger partial charge in [-0.2, -0.15) is 5.10 Å². The molecule has 2 aromatic carbocycles. The fourth-order valence-electron chi connectivity index (χ4n) is 3.73. The van der Waals surface area contributed by atoms with E-state index in [4.69, 9.17) is 9.15 Å². The number of carbonyl (C=O) groups is 1. The minimum Gasteiger partial charge on any atom is -0.495 e. The number of nitrogens with zero attached hydrogens (tertiary/aromatic N) is 2. The van der Waals surface area contributed by atoms with Gasteiger partial charge in [0.15, 0.2) is 0 Å². The number of fused-ring (bicyclic) bond motifs is 3. The molecule has 136 valence electrons. The fraction of sp³-hybridized carbons (Fsp3) is 0.238. The number of anilines is 1. The van der Waals surface area contributed by atoms with Crippen LogP contribution >= 0.6 is 0 Å². The van der Waals surface area contributed by atoms with Crippen LogP contribution in [-0.4, -0.2) is 22.8 Å². The van der Waals surface area contributed by atoms with Crippen molar-refractivity contribution in [1.29, 1.82) is 0 Å². The molecule has 2 aromatic heterocycles. The quantitative estimate of drug-likeness (QED) is 0.595. The van der Waals surface area contributed by atoms with Crippen LogP contribution in [0.15, 0.2) is 53.2 Å². The summed E-state index contributed by atoms with van der Waals surface area (Å²) in [5, 5.41) is 9.21. The Morgan fingerprint density at radius 1 is 1.26 bits per heavy atom. The number of nitrogens with one attached hydrogen (secondary N) is 1. The van der Waals surface area contributed by atoms with Gasteiger partial charge in [0, 0.05) is 36.0 Å². The van der Waals surface area contributed by atoms with Gasteiger partial charge in [0.05, 0.1) is 19.0 Å². The maximum absolute atomic E-state index is 12.7. The van der Waals surface area contributed by atoms with Gasteiger partial charge in [-0.1, -0.05) is 18.2 Å². The van der Waals surface area contributed by atoms with Crippen LogP contribution in [0.25, 0.3) is 21.9 Å². The van der Waals surface area contributed by atoms with E-state index < -0.39 is 0 Å². The number of rotatable bonds is 4. The SMILES string of the molecule is COc1cc2c(cc1NC(=O)[C@@H]1C[C@@H]1c1cnn(C)c1)oc1ccccc12. The van der Waals surface area contributed by atoms with Crippen LogP contribution in [0.1, 0.15) is 17.9 Å². The van der Waals surface area contributed by atoms with Crippen molar-refractivity contribution in [3.05, 3.63) is 54.4 Å². The number of amides is 1. The summed E-state index contributed by atoms with van der Waals surface area (Å²) >= 11 is 0. The first-order chi connectivity index (χ1) is 13.1. The number of aromatic nitrogens is 2. The first-order valence-corrected chi connectivity index (χ1v) is 8.92. The lowest BCUT2D eigenvalue weighted by atomic mass is 10.1. The van der Waals surface area contributed by atoms with Crippen molar-refractivity contribution in [1.82, 2.24) is 9.78 Å². The highest BCUT2D eigenvalue weighted by atomic mass is 16.5. The number of furan rings is 1. The van der Waals surface area contributed by atoms with Crippen molar-refractivity contribution in [2.75, 3.05) is 12.4 Å². The van der Waals surface area contributed by atoms with Crippen LogP contribution in [0.3, 0.4) is 0 Å². The molecule has 1 N–H and O–H groups in total. The molecule has 1 amide bonds. The van der Waals surface area contributed by atoms with Crippen LogP contribution in [-0.2, 0) is 11.8 Å². The second-order valence-corrected chi connectivity index (χ2v) is 7.03. The molecule has 2 atom stereocenters. The highest BCUT2D eigenvalue weighted by Crippen LogP contribution is 2.48. The molecule has 5 rings (SSSR count). The molecule has 6 nitrogen and oxygen atoms in total. The van der Waals surface area contributed by atoms with Crippen molar-refractivity contribution in [2.45, 2.75) is 12.3 Å². The minimum atomic E-state index is -0.0368. The molecule has 1 aliphatic carbocycles. The van der Waals surface area contributed by atoms with Crippen LogP contribution < -0.4 is 10.1 Å². The summed E-state index contributed by atoms with van der Waals surface area (Å²) in [5.74, 6) is 0.823. The van der Waals surface area contributed by atoms with E-state index in [9.17, 15) is 4.79 Å². The van der Waals surface area contributed by atoms with E-state index in [1.54, 1.807) is 11.8 Å². The Kier molecular flexibility index (Phi) is 3.47. The number of carbonyl (C=O) groups excluding carboxylic acids is 1. The van der Waals surface area contributed by atoms with Gasteiger partial charge in [-0.15, -0.1) is 0 Å². The Hall–Kier alpha value is -3.28. The van der Waals surface area contributed by atoms with Gasteiger partial charge in [-0.25, -0.2) is 0 Å². The number of ether oxygens (including phenoxy) is 1. The van der Waals surface area contributed by atoms with Gasteiger partial charge in [-0.3, -0.25) is 9.48 Å². The van der Waals surface area contributed by atoms with Gasteiger partial charge >= 0.3 is 0 Å². The van der Waals surface area contributed by atoms with E-state index in [1.165, 1.54) is 0 Å². The first kappa shape index (κ1) is 15.9. The molecule has 0 bridgehead atoms. The van der Waals surface area contributed by atoms with Gasteiger partial charge in [0.1, 0.15) is 16.9 Å². The van der Waals surface area contributed by atoms with Crippen molar-refractivity contribution < 1.29 is 13.9 Å². The normalized spacial score (nSPS) is 18.7. The maximum atomic E-state index is 12.7. The lowest BCUT2D eigenvalue weighted by molar-refractivity contribution is -0.117. The number of hydrogen-bond donors (Lipinski definition) is 1. The Balaban J connectivity index is 1.44. The topological polar surface area (TPSA) is 69.3 Å². The van der Waals surface area contributed by atoms with E-state index in [1.807, 2.05) is 55.8 Å². The molecule has 0 spiro atoms. The molecule has 0 aliphatic heterocycles. The van der Waals surface area contributed by atoms with Crippen molar-refractivity contribution in [2.24, 2.45) is 13.0 Å². The molecule has 1 saturated carbocycles. The standard InChI is InChI=1S/C21H19N3O3/c1-24-11-12(10-22-24)14-7-16(14)21(25)23-17-9-19-15(8-20(17)26-2)13-5-3-4-6-18(13)27-19/h3-6,8-11,14,16H,7H2,1-2H3,(H,23,25)/t14-,16-/m1/s1. The zero-order chi connectivity index (χ0) is 18.5. The number of aryl methyl sites for hydroxylation is 1. The van der Waals surface area contributed by atoms with Crippen molar-refractivity contribution in [3.8, 4) is 5.75 Å². The number of benzene rings is 2. The second kappa shape index (κ2) is 5.87. The molecule has 2 heterocycles. The summed E-state index contributed by atoms with van der Waals surface area (Å²) in [6.45, 7) is 0. The summed E-state index contributed by atoms with van der Waals surface area (Å²) in [7, 11) is 3.49. The molecule has 27 heavy (non-hydrogen) atoms. The molecule has 4 aromatic rings. The summed E-state index contributed by atoms with van der Waals surface area (Å²) in [5.41, 5.74) is 3.28. The highest BCUT2D eigenvalue weighted by molar-refractivity contribution is 6.08. The molecule has 0 saturated heterocycles. The summed E-state index contributed by atoms with van der Waals surface area (Å²) in [6, 6.07) is 11.6. The van der Waals surface area contributed by atoms with Crippen molar-refractivity contribution >= 4 is 33.5 Å². The zero-order valence-corrected chi connectivity index (χ0v) is 15.1. The maximum Gasteiger partial charge on any atom is 0.228 e. The highest BCUT2D eigenvalue weighted by Gasteiger charge is 2.44. The Bertz CT molecular complexity index is 1170. The Morgan fingerprint density at radius 2 is 2.11 bits per heavy atom. The zero-order valence-electron chi connectivity index (χ0n) is 15.1. The summed E-state index contributed by atoms with van der Waals surface area (Å²) < 4.78 is 13.2. The van der Waals surface area contributed by atoms with E-state index in [0.29, 0.717) is 11.4 Å². The van der Waals surface area contributed by atoms with Gasteiger partial charge < -0.3 is 14.5 Å². The smallest absolute Gasteiger partial charge is 0.228 e.